The molecule has 23 heavy (non-hydrogen) atoms. The van der Waals surface area contributed by atoms with Gasteiger partial charge in [-0.05, 0) is 36.5 Å². The van der Waals surface area contributed by atoms with Gasteiger partial charge in [-0.1, -0.05) is 27.7 Å². The molecular weight excluding hydrogens is 290 g/mol. The molecule has 0 fully saturated rings. The summed E-state index contributed by atoms with van der Waals surface area (Å²) in [7, 11) is 0. The number of nitrogens with zero attached hydrogens (tertiary/aromatic N) is 2. The highest BCUT2D eigenvalue weighted by molar-refractivity contribution is 6.12. The Morgan fingerprint density at radius 2 is 1.87 bits per heavy atom. The lowest BCUT2D eigenvalue weighted by Gasteiger charge is -2.38. The fraction of sp³-hybridized carbons (Fsp3) is 0.611. The van der Waals surface area contributed by atoms with Crippen LogP contribution < -0.4 is 5.32 Å². The van der Waals surface area contributed by atoms with E-state index in [1.165, 1.54) is 0 Å². The predicted molar refractivity (Wildman–Crippen MR) is 91.3 cm³/mol. The molecule has 0 aromatic carbocycles. The zero-order valence-electron chi connectivity index (χ0n) is 14.6. The Hall–Kier alpha value is -1.75. The van der Waals surface area contributed by atoms with Gasteiger partial charge in [0.2, 0.25) is 0 Å². The molecule has 0 aliphatic carbocycles. The van der Waals surface area contributed by atoms with Crippen molar-refractivity contribution in [1.82, 2.24) is 10.3 Å². The number of carbonyl (C=O) groups excluding carboxylic acids is 1. The van der Waals surface area contributed by atoms with E-state index >= 15 is 0 Å². The van der Waals surface area contributed by atoms with Gasteiger partial charge in [-0.25, -0.2) is 0 Å². The molecular formula is C18H27N3O2. The minimum atomic E-state index is -0.396. The number of hydrogen-bond acceptors (Lipinski definition) is 5. The largest absolute Gasteiger partial charge is 0.465 e. The lowest BCUT2D eigenvalue weighted by Crippen LogP contribution is -2.56. The van der Waals surface area contributed by atoms with Crippen LogP contribution in [0.25, 0.3) is 0 Å². The summed E-state index contributed by atoms with van der Waals surface area (Å²) >= 11 is 0. The quantitative estimate of drug-likeness (QED) is 0.848. The van der Waals surface area contributed by atoms with Crippen molar-refractivity contribution in [3.8, 4) is 0 Å². The second-order valence-electron chi connectivity index (χ2n) is 6.61. The zero-order chi connectivity index (χ0) is 17.0. The highest BCUT2D eigenvalue weighted by atomic mass is 16.5. The molecule has 3 atom stereocenters. The van der Waals surface area contributed by atoms with Crippen molar-refractivity contribution < 1.29 is 9.53 Å². The van der Waals surface area contributed by atoms with Crippen LogP contribution in [0.15, 0.2) is 29.5 Å². The Balaban J connectivity index is 2.50. The van der Waals surface area contributed by atoms with Gasteiger partial charge in [0.15, 0.2) is 0 Å². The number of ether oxygens (including phenoxy) is 1. The van der Waals surface area contributed by atoms with Crippen molar-refractivity contribution in [3.63, 3.8) is 0 Å². The lowest BCUT2D eigenvalue weighted by atomic mass is 9.82. The summed E-state index contributed by atoms with van der Waals surface area (Å²) < 4.78 is 5.33. The number of nitrogens with one attached hydrogen (secondary N) is 1. The highest BCUT2D eigenvalue weighted by Crippen LogP contribution is 2.27. The van der Waals surface area contributed by atoms with Crippen molar-refractivity contribution >= 4 is 11.7 Å². The third-order valence-corrected chi connectivity index (χ3v) is 4.16. The number of aliphatic imine (C=N–C) groups is 1. The molecule has 0 amide bonds. The highest BCUT2D eigenvalue weighted by Gasteiger charge is 2.41. The maximum absolute atomic E-state index is 12.6. The molecule has 126 valence electrons. The van der Waals surface area contributed by atoms with Gasteiger partial charge in [0.25, 0.3) is 0 Å². The Bertz CT molecular complexity index is 555. The van der Waals surface area contributed by atoms with Crippen LogP contribution in [0, 0.1) is 17.8 Å². The molecule has 1 aliphatic rings. The minimum Gasteiger partial charge on any atom is -0.465 e. The molecule has 5 nitrogen and oxygen atoms in total. The SMILES string of the molecule is CCOC(=O)C1C(c2ccncc2)=NC(C(C)C)NC1C(C)C. The summed E-state index contributed by atoms with van der Waals surface area (Å²) in [6.45, 7) is 10.7. The summed E-state index contributed by atoms with van der Waals surface area (Å²) in [4.78, 5) is 21.5. The molecule has 0 saturated carbocycles. The maximum Gasteiger partial charge on any atom is 0.316 e. The van der Waals surface area contributed by atoms with E-state index in [1.54, 1.807) is 12.4 Å². The molecule has 0 spiro atoms. The molecule has 0 saturated heterocycles. The summed E-state index contributed by atoms with van der Waals surface area (Å²) in [5.41, 5.74) is 1.75. The minimum absolute atomic E-state index is 0.00196. The molecule has 2 heterocycles. The normalized spacial score (nSPS) is 24.7. The molecule has 5 heteroatoms. The van der Waals surface area contributed by atoms with Gasteiger partial charge >= 0.3 is 5.97 Å². The van der Waals surface area contributed by atoms with E-state index in [4.69, 9.17) is 9.73 Å². The number of carbonyl (C=O) groups is 1. The first kappa shape index (κ1) is 17.6. The van der Waals surface area contributed by atoms with Gasteiger partial charge in [0.05, 0.1) is 12.3 Å². The summed E-state index contributed by atoms with van der Waals surface area (Å²) in [6.07, 6.45) is 3.46. The summed E-state index contributed by atoms with van der Waals surface area (Å²) in [5.74, 6) is 0.0260. The molecule has 1 aliphatic heterocycles. The van der Waals surface area contributed by atoms with Crippen LogP contribution in [0.1, 0.15) is 40.2 Å². The van der Waals surface area contributed by atoms with Crippen molar-refractivity contribution in [2.24, 2.45) is 22.7 Å². The van der Waals surface area contributed by atoms with Crippen LogP contribution in [-0.2, 0) is 9.53 Å². The first-order valence-corrected chi connectivity index (χ1v) is 8.36. The van der Waals surface area contributed by atoms with E-state index < -0.39 is 5.92 Å². The van der Waals surface area contributed by atoms with Crippen LogP contribution in [0.5, 0.6) is 0 Å². The molecule has 3 unspecified atom stereocenters. The van der Waals surface area contributed by atoms with E-state index in [-0.39, 0.29) is 24.1 Å². The Kier molecular flexibility index (Phi) is 5.88. The van der Waals surface area contributed by atoms with Crippen LogP contribution in [0.4, 0.5) is 0 Å². The smallest absolute Gasteiger partial charge is 0.316 e. The van der Waals surface area contributed by atoms with Crippen molar-refractivity contribution in [3.05, 3.63) is 30.1 Å². The van der Waals surface area contributed by atoms with Crippen molar-refractivity contribution in [2.75, 3.05) is 6.61 Å². The zero-order valence-corrected chi connectivity index (χ0v) is 14.6. The molecule has 1 aromatic heterocycles. The van der Waals surface area contributed by atoms with Crippen LogP contribution in [0.3, 0.4) is 0 Å². The topological polar surface area (TPSA) is 63.6 Å². The molecule has 2 rings (SSSR count). The van der Waals surface area contributed by atoms with E-state index in [2.05, 4.69) is 38.0 Å². The van der Waals surface area contributed by atoms with Gasteiger partial charge in [-0.3, -0.25) is 20.1 Å². The predicted octanol–water partition coefficient (Wildman–Crippen LogP) is 2.66. The maximum atomic E-state index is 12.6. The summed E-state index contributed by atoms with van der Waals surface area (Å²) in [6, 6.07) is 3.82. The Morgan fingerprint density at radius 1 is 1.22 bits per heavy atom. The number of rotatable bonds is 5. The number of hydrogen-bond donors (Lipinski definition) is 1. The Labute approximate surface area is 138 Å². The van der Waals surface area contributed by atoms with Gasteiger partial charge in [0, 0.05) is 18.4 Å². The number of esters is 1. The van der Waals surface area contributed by atoms with Crippen LogP contribution in [-0.4, -0.2) is 35.5 Å². The lowest BCUT2D eigenvalue weighted by molar-refractivity contribution is -0.147. The first-order valence-electron chi connectivity index (χ1n) is 8.36. The average Bonchev–Trinajstić information content (AvgIpc) is 2.54. The second-order valence-corrected chi connectivity index (χ2v) is 6.61. The second kappa shape index (κ2) is 7.68. The van der Waals surface area contributed by atoms with Gasteiger partial charge in [-0.15, -0.1) is 0 Å². The van der Waals surface area contributed by atoms with Crippen LogP contribution in [0.2, 0.25) is 0 Å². The van der Waals surface area contributed by atoms with Crippen LogP contribution >= 0.6 is 0 Å². The van der Waals surface area contributed by atoms with Gasteiger partial charge in [0.1, 0.15) is 12.1 Å². The molecule has 0 bridgehead atoms. The van der Waals surface area contributed by atoms with E-state index in [0.717, 1.165) is 11.3 Å². The fourth-order valence-corrected chi connectivity index (χ4v) is 2.92. The van der Waals surface area contributed by atoms with E-state index in [9.17, 15) is 4.79 Å². The molecule has 0 radical (unpaired) electrons. The van der Waals surface area contributed by atoms with E-state index in [0.29, 0.717) is 12.5 Å². The monoisotopic (exact) mass is 317 g/mol. The molecule has 1 aromatic rings. The van der Waals surface area contributed by atoms with Gasteiger partial charge < -0.3 is 4.74 Å². The van der Waals surface area contributed by atoms with E-state index in [1.807, 2.05) is 19.1 Å². The fourth-order valence-electron chi connectivity index (χ4n) is 2.92. The Morgan fingerprint density at radius 3 is 2.39 bits per heavy atom. The molecule has 1 N–H and O–H groups in total. The standard InChI is InChI=1S/C18H27N3O2/c1-6-23-18(22)14-15(11(2)3)20-17(12(4)5)21-16(14)13-7-9-19-10-8-13/h7-12,14-15,17,20H,6H2,1-5H3. The summed E-state index contributed by atoms with van der Waals surface area (Å²) in [5, 5.41) is 3.54. The van der Waals surface area contributed by atoms with Crippen molar-refractivity contribution in [2.45, 2.75) is 46.8 Å². The van der Waals surface area contributed by atoms with Gasteiger partial charge in [-0.2, -0.15) is 0 Å². The van der Waals surface area contributed by atoms with Crippen molar-refractivity contribution in [1.29, 1.82) is 0 Å². The number of aromatic nitrogens is 1. The first-order chi connectivity index (χ1) is 11.0. The third kappa shape index (κ3) is 3.96. The third-order valence-electron chi connectivity index (χ3n) is 4.16. The average molecular weight is 317 g/mol. The number of pyridine rings is 1.